The number of benzene rings is 1. The molecule has 0 amide bonds. The number of thiocarbonyl (C=S) groups is 1. The van der Waals surface area contributed by atoms with Crippen LogP contribution in [0.15, 0.2) is 45.7 Å². The predicted octanol–water partition coefficient (Wildman–Crippen LogP) is 2.04. The van der Waals surface area contributed by atoms with Gasteiger partial charge < -0.3 is 10.2 Å². The molecule has 112 valence electrons. The molecule has 0 fully saturated rings. The highest BCUT2D eigenvalue weighted by molar-refractivity contribution is 7.89. The smallest absolute Gasteiger partial charge is 0.243 e. The van der Waals surface area contributed by atoms with Crippen LogP contribution in [-0.2, 0) is 16.6 Å². The average Bonchev–Trinajstić information content (AvgIpc) is 2.84. The van der Waals surface area contributed by atoms with Crippen LogP contribution in [0.3, 0.4) is 0 Å². The lowest BCUT2D eigenvalue weighted by Gasteiger charge is -2.18. The van der Waals surface area contributed by atoms with E-state index in [1.807, 2.05) is 0 Å². The average molecular weight is 324 g/mol. The Balaban J connectivity index is 2.35. The van der Waals surface area contributed by atoms with Gasteiger partial charge in [-0.3, -0.25) is 0 Å². The normalized spacial score (nSPS) is 11.8. The molecule has 0 aliphatic heterocycles. The van der Waals surface area contributed by atoms with Gasteiger partial charge in [0.25, 0.3) is 0 Å². The molecule has 2 N–H and O–H groups in total. The second kappa shape index (κ2) is 5.97. The largest absolute Gasteiger partial charge is 0.465 e. The molecule has 0 saturated carbocycles. The number of sulfonamides is 1. The van der Waals surface area contributed by atoms with E-state index in [1.165, 1.54) is 17.4 Å². The maximum absolute atomic E-state index is 12.6. The third-order valence-corrected chi connectivity index (χ3v) is 5.10. The molecule has 2 rings (SSSR count). The Bertz CT molecular complexity index is 766. The summed E-state index contributed by atoms with van der Waals surface area (Å²) in [5, 5.41) is 0. The van der Waals surface area contributed by atoms with E-state index in [-0.39, 0.29) is 16.4 Å². The predicted molar refractivity (Wildman–Crippen MR) is 84.4 cm³/mol. The van der Waals surface area contributed by atoms with Gasteiger partial charge in [-0.15, -0.1) is 0 Å². The zero-order chi connectivity index (χ0) is 15.6. The van der Waals surface area contributed by atoms with Gasteiger partial charge in [-0.1, -0.05) is 30.4 Å². The number of rotatable bonds is 5. The van der Waals surface area contributed by atoms with Crippen molar-refractivity contribution in [2.75, 3.05) is 7.05 Å². The van der Waals surface area contributed by atoms with Crippen molar-refractivity contribution >= 4 is 27.2 Å². The minimum Gasteiger partial charge on any atom is -0.465 e. The van der Waals surface area contributed by atoms with Crippen LogP contribution in [0, 0.1) is 6.92 Å². The van der Waals surface area contributed by atoms with Gasteiger partial charge in [0.05, 0.1) is 11.4 Å². The van der Waals surface area contributed by atoms with Crippen LogP contribution in [0.1, 0.15) is 17.1 Å². The van der Waals surface area contributed by atoms with Crippen molar-refractivity contribution in [2.45, 2.75) is 18.4 Å². The standard InChI is InChI=1S/C14H16N2O3S2/c1-10-7-8-11(19-10)9-16(2)21(17,18)13-6-4-3-5-12(13)14(15)20/h3-8H,9H2,1-2H3,(H2,15,20). The molecule has 0 unspecified atom stereocenters. The molecular weight excluding hydrogens is 308 g/mol. The first-order valence-corrected chi connectivity index (χ1v) is 8.07. The van der Waals surface area contributed by atoms with Crippen LogP contribution in [0.25, 0.3) is 0 Å². The van der Waals surface area contributed by atoms with Crippen molar-refractivity contribution in [1.82, 2.24) is 4.31 Å². The van der Waals surface area contributed by atoms with Crippen LogP contribution in [0.2, 0.25) is 0 Å². The van der Waals surface area contributed by atoms with E-state index in [9.17, 15) is 8.42 Å². The lowest BCUT2D eigenvalue weighted by molar-refractivity contribution is 0.397. The van der Waals surface area contributed by atoms with Crippen molar-refractivity contribution in [3.8, 4) is 0 Å². The Morgan fingerprint density at radius 1 is 1.29 bits per heavy atom. The fourth-order valence-corrected chi connectivity index (χ4v) is 3.52. The Morgan fingerprint density at radius 2 is 1.95 bits per heavy atom. The molecule has 1 aromatic heterocycles. The number of aryl methyl sites for hydroxylation is 1. The van der Waals surface area contributed by atoms with Crippen molar-refractivity contribution in [1.29, 1.82) is 0 Å². The van der Waals surface area contributed by atoms with E-state index in [1.54, 1.807) is 37.3 Å². The molecule has 0 saturated heterocycles. The zero-order valence-corrected chi connectivity index (χ0v) is 13.4. The molecule has 21 heavy (non-hydrogen) atoms. The minimum absolute atomic E-state index is 0.0522. The minimum atomic E-state index is -3.70. The van der Waals surface area contributed by atoms with Crippen molar-refractivity contribution in [2.24, 2.45) is 5.73 Å². The molecule has 2 aromatic rings. The van der Waals surface area contributed by atoms with Gasteiger partial charge in [0.1, 0.15) is 16.5 Å². The summed E-state index contributed by atoms with van der Waals surface area (Å²) >= 11 is 4.91. The molecule has 0 aliphatic rings. The first kappa shape index (κ1) is 15.7. The lowest BCUT2D eigenvalue weighted by atomic mass is 10.2. The summed E-state index contributed by atoms with van der Waals surface area (Å²) in [6.45, 7) is 1.95. The summed E-state index contributed by atoms with van der Waals surface area (Å²) < 4.78 is 31.9. The van der Waals surface area contributed by atoms with Gasteiger partial charge in [-0.2, -0.15) is 4.31 Å². The molecule has 7 heteroatoms. The third-order valence-electron chi connectivity index (χ3n) is 3.02. The van der Waals surface area contributed by atoms with Gasteiger partial charge in [-0.05, 0) is 25.1 Å². The zero-order valence-electron chi connectivity index (χ0n) is 11.7. The lowest BCUT2D eigenvalue weighted by Crippen LogP contribution is -2.28. The van der Waals surface area contributed by atoms with E-state index < -0.39 is 10.0 Å². The third kappa shape index (κ3) is 3.31. The summed E-state index contributed by atoms with van der Waals surface area (Å²) in [5.74, 6) is 1.31. The van der Waals surface area contributed by atoms with E-state index >= 15 is 0 Å². The number of hydrogen-bond donors (Lipinski definition) is 1. The summed E-state index contributed by atoms with van der Waals surface area (Å²) in [7, 11) is -2.21. The summed E-state index contributed by atoms with van der Waals surface area (Å²) in [6, 6.07) is 9.97. The Morgan fingerprint density at radius 3 is 2.52 bits per heavy atom. The number of nitrogens with zero attached hydrogens (tertiary/aromatic N) is 1. The fourth-order valence-electron chi connectivity index (χ4n) is 1.94. The van der Waals surface area contributed by atoms with Crippen LogP contribution in [0.5, 0.6) is 0 Å². The molecule has 0 spiro atoms. The first-order valence-electron chi connectivity index (χ1n) is 6.23. The Hall–Kier alpha value is -1.70. The Labute approximate surface area is 129 Å². The summed E-state index contributed by atoms with van der Waals surface area (Å²) in [4.78, 5) is 0.152. The Kier molecular flexibility index (Phi) is 4.46. The maximum Gasteiger partial charge on any atom is 0.243 e. The van der Waals surface area contributed by atoms with Crippen molar-refractivity contribution in [3.05, 3.63) is 53.5 Å². The van der Waals surface area contributed by atoms with E-state index in [2.05, 4.69) is 0 Å². The highest BCUT2D eigenvalue weighted by Crippen LogP contribution is 2.21. The van der Waals surface area contributed by atoms with Crippen molar-refractivity contribution in [3.63, 3.8) is 0 Å². The molecule has 0 radical (unpaired) electrons. The first-order chi connectivity index (χ1) is 9.82. The second-order valence-electron chi connectivity index (χ2n) is 4.63. The van der Waals surface area contributed by atoms with Crippen LogP contribution in [0.4, 0.5) is 0 Å². The quantitative estimate of drug-likeness (QED) is 0.852. The maximum atomic E-state index is 12.6. The second-order valence-corrected chi connectivity index (χ2v) is 7.09. The molecule has 0 bridgehead atoms. The molecule has 5 nitrogen and oxygen atoms in total. The summed E-state index contributed by atoms with van der Waals surface area (Å²) in [5.41, 5.74) is 5.94. The highest BCUT2D eigenvalue weighted by atomic mass is 32.2. The van der Waals surface area contributed by atoms with Gasteiger partial charge in [0.15, 0.2) is 0 Å². The van der Waals surface area contributed by atoms with Crippen LogP contribution >= 0.6 is 12.2 Å². The number of furan rings is 1. The highest BCUT2D eigenvalue weighted by Gasteiger charge is 2.25. The van der Waals surface area contributed by atoms with Gasteiger partial charge in [0.2, 0.25) is 10.0 Å². The molecule has 1 aromatic carbocycles. The molecule has 1 heterocycles. The van der Waals surface area contributed by atoms with Crippen molar-refractivity contribution < 1.29 is 12.8 Å². The van der Waals surface area contributed by atoms with E-state index in [0.717, 1.165) is 5.76 Å². The number of hydrogen-bond acceptors (Lipinski definition) is 4. The molecular formula is C14H16N2O3S2. The SMILES string of the molecule is Cc1ccc(CN(C)S(=O)(=O)c2ccccc2C(N)=S)o1. The fraction of sp³-hybridized carbons (Fsp3) is 0.214. The number of nitrogens with two attached hydrogens (primary N) is 1. The topological polar surface area (TPSA) is 76.5 Å². The van der Waals surface area contributed by atoms with Crippen LogP contribution < -0.4 is 5.73 Å². The van der Waals surface area contributed by atoms with Gasteiger partial charge in [-0.25, -0.2) is 8.42 Å². The van der Waals surface area contributed by atoms with Crippen LogP contribution in [-0.4, -0.2) is 24.8 Å². The van der Waals surface area contributed by atoms with E-state index in [4.69, 9.17) is 22.4 Å². The summed E-state index contributed by atoms with van der Waals surface area (Å²) in [6.07, 6.45) is 0. The monoisotopic (exact) mass is 324 g/mol. The molecule has 0 aliphatic carbocycles. The molecule has 0 atom stereocenters. The van der Waals surface area contributed by atoms with Gasteiger partial charge >= 0.3 is 0 Å². The van der Waals surface area contributed by atoms with E-state index in [0.29, 0.717) is 11.3 Å². The van der Waals surface area contributed by atoms with Gasteiger partial charge in [0, 0.05) is 12.6 Å².